The molecule has 2 aromatic rings. The van der Waals surface area contributed by atoms with Crippen molar-refractivity contribution in [1.29, 1.82) is 0 Å². The Balaban J connectivity index is 1.87. The molecule has 2 rings (SSSR count). The molecule has 2 nitrogen and oxygen atoms in total. The Kier molecular flexibility index (Phi) is 11.3. The van der Waals surface area contributed by atoms with Crippen LogP contribution in [0.1, 0.15) is 91.5 Å². The molecule has 0 saturated heterocycles. The molecule has 1 N–H and O–H groups in total. The van der Waals surface area contributed by atoms with Crippen LogP contribution in [0.3, 0.4) is 0 Å². The maximum atomic E-state index is 5.29. The summed E-state index contributed by atoms with van der Waals surface area (Å²) < 4.78 is 5.29. The monoisotopic (exact) mass is 451 g/mol. The van der Waals surface area contributed by atoms with E-state index in [-0.39, 0.29) is 0 Å². The van der Waals surface area contributed by atoms with Gasteiger partial charge in [-0.05, 0) is 78.7 Å². The smallest absolute Gasteiger partial charge is 0.119 e. The van der Waals surface area contributed by atoms with Gasteiger partial charge in [0.25, 0.3) is 0 Å². The highest BCUT2D eigenvalue weighted by Crippen LogP contribution is 2.34. The number of hydrogen-bond acceptors (Lipinski definition) is 2. The molecule has 2 unspecified atom stereocenters. The summed E-state index contributed by atoms with van der Waals surface area (Å²) in [6.45, 7) is 13.0. The molecule has 33 heavy (non-hydrogen) atoms. The van der Waals surface area contributed by atoms with Gasteiger partial charge in [-0.1, -0.05) is 90.6 Å². The van der Waals surface area contributed by atoms with Gasteiger partial charge in [-0.15, -0.1) is 0 Å². The second-order valence-electron chi connectivity index (χ2n) is 11.1. The Morgan fingerprint density at radius 2 is 1.52 bits per heavy atom. The van der Waals surface area contributed by atoms with Crippen LogP contribution in [0, 0.1) is 16.7 Å². The fourth-order valence-electron chi connectivity index (χ4n) is 4.55. The highest BCUT2D eigenvalue weighted by molar-refractivity contribution is 5.46. The average molecular weight is 452 g/mol. The van der Waals surface area contributed by atoms with Gasteiger partial charge in [0.2, 0.25) is 0 Å². The molecule has 0 amide bonds. The predicted molar refractivity (Wildman–Crippen MR) is 145 cm³/mol. The Labute approximate surface area is 204 Å². The van der Waals surface area contributed by atoms with Crippen molar-refractivity contribution in [2.75, 3.05) is 19.0 Å². The number of methoxy groups -OCH3 is 1. The number of unbranched alkanes of at least 4 members (excludes halogenated alkanes) is 1. The molecule has 2 atom stereocenters. The van der Waals surface area contributed by atoms with Crippen molar-refractivity contribution in [3.8, 4) is 5.75 Å². The molecular formula is C31H49NO. The third-order valence-corrected chi connectivity index (χ3v) is 7.84. The van der Waals surface area contributed by atoms with Crippen molar-refractivity contribution in [3.05, 3.63) is 60.2 Å². The highest BCUT2D eigenvalue weighted by atomic mass is 16.5. The van der Waals surface area contributed by atoms with E-state index in [1.807, 2.05) is 12.1 Å². The summed E-state index contributed by atoms with van der Waals surface area (Å²) in [5.74, 6) is 1.64. The van der Waals surface area contributed by atoms with E-state index in [9.17, 15) is 0 Å². The van der Waals surface area contributed by atoms with Crippen LogP contribution < -0.4 is 10.1 Å². The van der Waals surface area contributed by atoms with E-state index in [2.05, 4.69) is 82.4 Å². The number of ether oxygens (including phenoxy) is 1. The summed E-state index contributed by atoms with van der Waals surface area (Å²) in [4.78, 5) is 0. The predicted octanol–water partition coefficient (Wildman–Crippen LogP) is 9.16. The summed E-state index contributed by atoms with van der Waals surface area (Å²) in [6.07, 6.45) is 11.6. The zero-order valence-electron chi connectivity index (χ0n) is 22.3. The number of hydrogen-bond donors (Lipinski definition) is 1. The Morgan fingerprint density at radius 1 is 0.818 bits per heavy atom. The fraction of sp³-hybridized carbons (Fsp3) is 0.613. The topological polar surface area (TPSA) is 21.3 Å². The minimum absolute atomic E-state index is 0.405. The number of rotatable bonds is 16. The molecule has 0 radical (unpaired) electrons. The molecule has 0 heterocycles. The minimum atomic E-state index is 0.405. The number of anilines is 1. The van der Waals surface area contributed by atoms with Gasteiger partial charge in [0.1, 0.15) is 5.75 Å². The van der Waals surface area contributed by atoms with Crippen molar-refractivity contribution in [3.63, 3.8) is 0 Å². The van der Waals surface area contributed by atoms with Gasteiger partial charge in [0, 0.05) is 12.2 Å². The zero-order valence-corrected chi connectivity index (χ0v) is 22.3. The number of benzene rings is 2. The van der Waals surface area contributed by atoms with Gasteiger partial charge in [0.05, 0.1) is 7.11 Å². The summed E-state index contributed by atoms with van der Waals surface area (Å²) in [6, 6.07) is 19.4. The van der Waals surface area contributed by atoms with E-state index in [0.717, 1.165) is 18.2 Å². The van der Waals surface area contributed by atoms with Gasteiger partial charge >= 0.3 is 0 Å². The van der Waals surface area contributed by atoms with E-state index in [1.165, 1.54) is 69.0 Å². The first-order chi connectivity index (χ1) is 15.8. The molecule has 0 bridgehead atoms. The lowest BCUT2D eigenvalue weighted by atomic mass is 9.76. The van der Waals surface area contributed by atoms with Crippen molar-refractivity contribution in [1.82, 2.24) is 0 Å². The van der Waals surface area contributed by atoms with E-state index < -0.39 is 0 Å². The highest BCUT2D eigenvalue weighted by Gasteiger charge is 2.23. The van der Waals surface area contributed by atoms with Crippen LogP contribution in [0.25, 0.3) is 0 Å². The second-order valence-corrected chi connectivity index (χ2v) is 11.1. The molecule has 2 aromatic carbocycles. The molecule has 0 aromatic heterocycles. The first-order valence-electron chi connectivity index (χ1n) is 13.2. The summed E-state index contributed by atoms with van der Waals surface area (Å²) >= 11 is 0. The Bertz CT molecular complexity index is 767. The third-order valence-electron chi connectivity index (χ3n) is 7.84. The zero-order chi connectivity index (χ0) is 24.2. The molecule has 184 valence electrons. The molecule has 0 spiro atoms. The molecule has 0 aliphatic carbocycles. The summed E-state index contributed by atoms with van der Waals surface area (Å²) in [5.41, 5.74) is 3.51. The van der Waals surface area contributed by atoms with E-state index in [1.54, 1.807) is 7.11 Å². The van der Waals surface area contributed by atoms with Crippen LogP contribution in [-0.4, -0.2) is 13.7 Å². The first kappa shape index (κ1) is 27.3. The molecular weight excluding hydrogens is 402 g/mol. The van der Waals surface area contributed by atoms with Crippen LogP contribution in [0.15, 0.2) is 54.6 Å². The van der Waals surface area contributed by atoms with Crippen LogP contribution in [0.2, 0.25) is 0 Å². The fourth-order valence-corrected chi connectivity index (χ4v) is 4.55. The lowest BCUT2D eigenvalue weighted by Gasteiger charge is -2.29. The lowest BCUT2D eigenvalue weighted by Crippen LogP contribution is -2.20. The van der Waals surface area contributed by atoms with Crippen LogP contribution >= 0.6 is 0 Å². The summed E-state index contributed by atoms with van der Waals surface area (Å²) in [7, 11) is 1.72. The van der Waals surface area contributed by atoms with Gasteiger partial charge < -0.3 is 10.1 Å². The van der Waals surface area contributed by atoms with E-state index >= 15 is 0 Å². The van der Waals surface area contributed by atoms with Gasteiger partial charge in [-0.2, -0.15) is 0 Å². The second kappa shape index (κ2) is 13.7. The van der Waals surface area contributed by atoms with Crippen LogP contribution in [0.5, 0.6) is 5.75 Å². The van der Waals surface area contributed by atoms with Crippen molar-refractivity contribution >= 4 is 5.69 Å². The van der Waals surface area contributed by atoms with Crippen molar-refractivity contribution < 1.29 is 4.74 Å². The summed E-state index contributed by atoms with van der Waals surface area (Å²) in [5, 5.41) is 3.70. The first-order valence-corrected chi connectivity index (χ1v) is 13.2. The third kappa shape index (κ3) is 10.2. The SMILES string of the molecule is CCC(C)(C)CCC(CCCCC(C)(CC)Cc1ccccc1)CNc1ccc(OC)cc1. The molecule has 0 aliphatic rings. The lowest BCUT2D eigenvalue weighted by molar-refractivity contribution is 0.257. The van der Waals surface area contributed by atoms with Crippen LogP contribution in [-0.2, 0) is 6.42 Å². The van der Waals surface area contributed by atoms with E-state index in [0.29, 0.717) is 10.8 Å². The van der Waals surface area contributed by atoms with Crippen molar-refractivity contribution in [2.45, 2.75) is 92.4 Å². The maximum absolute atomic E-state index is 5.29. The average Bonchev–Trinajstić information content (AvgIpc) is 2.84. The van der Waals surface area contributed by atoms with E-state index in [4.69, 9.17) is 4.74 Å². The van der Waals surface area contributed by atoms with Gasteiger partial charge in [-0.25, -0.2) is 0 Å². The Morgan fingerprint density at radius 3 is 2.12 bits per heavy atom. The molecule has 0 saturated carbocycles. The van der Waals surface area contributed by atoms with Crippen molar-refractivity contribution in [2.24, 2.45) is 16.7 Å². The maximum Gasteiger partial charge on any atom is 0.119 e. The quantitative estimate of drug-likeness (QED) is 0.257. The molecule has 0 aliphatic heterocycles. The molecule has 0 fully saturated rings. The Hall–Kier alpha value is -1.96. The van der Waals surface area contributed by atoms with Gasteiger partial charge in [-0.3, -0.25) is 0 Å². The number of nitrogens with one attached hydrogen (secondary N) is 1. The standard InChI is InChI=1S/C31H49NO/c1-7-30(3,4)23-21-27(25-32-28-17-19-29(33-6)20-18-28)16-12-13-22-31(5,8-2)24-26-14-10-9-11-15-26/h9-11,14-15,17-20,27,32H,7-8,12-13,16,21-25H2,1-6H3. The largest absolute Gasteiger partial charge is 0.497 e. The normalized spacial score (nSPS) is 14.5. The van der Waals surface area contributed by atoms with Gasteiger partial charge in [0.15, 0.2) is 0 Å². The molecule has 2 heteroatoms. The van der Waals surface area contributed by atoms with Crippen LogP contribution in [0.4, 0.5) is 5.69 Å². The minimum Gasteiger partial charge on any atom is -0.497 e.